The SMILES string of the molecule is CCOC(=O)C(C)(C)C1CCc2cc(-c3ccc([N+](=O)[O-])cc3)ccc2C1=O. The number of aryl methyl sites for hydroxylation is 1. The number of nitrogens with zero attached hydrogens (tertiary/aromatic N) is 1. The second-order valence-electron chi connectivity index (χ2n) is 7.57. The molecule has 1 aliphatic carbocycles. The molecule has 0 N–H and O–H groups in total. The fraction of sp³-hybridized carbons (Fsp3) is 0.364. The van der Waals surface area contributed by atoms with Crippen LogP contribution in [0.5, 0.6) is 0 Å². The molecule has 2 aromatic carbocycles. The van der Waals surface area contributed by atoms with Crippen molar-refractivity contribution in [2.45, 2.75) is 33.6 Å². The number of esters is 1. The van der Waals surface area contributed by atoms with Gasteiger partial charge in [-0.1, -0.05) is 18.2 Å². The first-order chi connectivity index (χ1) is 13.3. The van der Waals surface area contributed by atoms with E-state index in [2.05, 4.69) is 0 Å². The van der Waals surface area contributed by atoms with Gasteiger partial charge in [0.25, 0.3) is 5.69 Å². The third-order valence-corrected chi connectivity index (χ3v) is 5.47. The molecule has 28 heavy (non-hydrogen) atoms. The van der Waals surface area contributed by atoms with Crippen LogP contribution in [-0.4, -0.2) is 23.3 Å². The highest BCUT2D eigenvalue weighted by molar-refractivity contribution is 6.03. The number of carbonyl (C=O) groups is 2. The summed E-state index contributed by atoms with van der Waals surface area (Å²) in [6.07, 6.45) is 1.27. The largest absolute Gasteiger partial charge is 0.466 e. The Bertz CT molecular complexity index is 930. The molecule has 1 unspecified atom stereocenters. The maximum Gasteiger partial charge on any atom is 0.312 e. The van der Waals surface area contributed by atoms with Gasteiger partial charge in [0.05, 0.1) is 16.9 Å². The number of rotatable bonds is 5. The Hall–Kier alpha value is -3.02. The Morgan fingerprint density at radius 1 is 1.18 bits per heavy atom. The van der Waals surface area contributed by atoms with E-state index in [4.69, 9.17) is 4.74 Å². The molecular formula is C22H23NO5. The predicted octanol–water partition coefficient (Wildman–Crippen LogP) is 4.60. The Labute approximate surface area is 163 Å². The summed E-state index contributed by atoms with van der Waals surface area (Å²) in [5, 5.41) is 10.8. The summed E-state index contributed by atoms with van der Waals surface area (Å²) in [5.74, 6) is -0.793. The van der Waals surface area contributed by atoms with Gasteiger partial charge in [-0.25, -0.2) is 0 Å². The molecule has 0 heterocycles. The molecule has 0 saturated heterocycles. The van der Waals surface area contributed by atoms with E-state index in [1.54, 1.807) is 39.0 Å². The molecule has 0 aromatic heterocycles. The predicted molar refractivity (Wildman–Crippen MR) is 105 cm³/mol. The fourth-order valence-corrected chi connectivity index (χ4v) is 3.76. The summed E-state index contributed by atoms with van der Waals surface area (Å²) in [6.45, 7) is 5.58. The number of ether oxygens (including phenoxy) is 1. The second kappa shape index (κ2) is 7.54. The summed E-state index contributed by atoms with van der Waals surface area (Å²) in [6, 6.07) is 11.9. The lowest BCUT2D eigenvalue weighted by Crippen LogP contribution is -2.41. The number of non-ortho nitro benzene ring substituents is 1. The molecule has 0 aliphatic heterocycles. The van der Waals surface area contributed by atoms with Gasteiger partial charge in [0.1, 0.15) is 0 Å². The minimum absolute atomic E-state index is 0.0328. The van der Waals surface area contributed by atoms with Crippen LogP contribution in [0.1, 0.15) is 43.1 Å². The van der Waals surface area contributed by atoms with Gasteiger partial charge in [-0.3, -0.25) is 19.7 Å². The quantitative estimate of drug-likeness (QED) is 0.429. The van der Waals surface area contributed by atoms with Gasteiger partial charge in [0, 0.05) is 23.6 Å². The van der Waals surface area contributed by atoms with E-state index in [1.807, 2.05) is 12.1 Å². The zero-order valence-corrected chi connectivity index (χ0v) is 16.2. The Balaban J connectivity index is 1.88. The molecule has 2 aromatic rings. The molecule has 146 valence electrons. The van der Waals surface area contributed by atoms with Gasteiger partial charge in [-0.05, 0) is 62.4 Å². The zero-order chi connectivity index (χ0) is 20.5. The van der Waals surface area contributed by atoms with Crippen molar-refractivity contribution in [1.29, 1.82) is 0 Å². The molecule has 0 fully saturated rings. The number of Topliss-reactive ketones (excluding diaryl/α,β-unsaturated/α-hetero) is 1. The summed E-state index contributed by atoms with van der Waals surface area (Å²) in [7, 11) is 0. The molecule has 0 saturated carbocycles. The van der Waals surface area contributed by atoms with Crippen molar-refractivity contribution in [3.63, 3.8) is 0 Å². The second-order valence-corrected chi connectivity index (χ2v) is 7.57. The molecule has 1 atom stereocenters. The van der Waals surface area contributed by atoms with Crippen LogP contribution in [0.4, 0.5) is 5.69 Å². The van der Waals surface area contributed by atoms with Crippen molar-refractivity contribution in [3.8, 4) is 11.1 Å². The number of carbonyl (C=O) groups excluding carboxylic acids is 2. The molecule has 0 spiro atoms. The Kier molecular flexibility index (Phi) is 5.31. The van der Waals surface area contributed by atoms with Crippen molar-refractivity contribution >= 4 is 17.4 Å². The first-order valence-corrected chi connectivity index (χ1v) is 9.35. The van der Waals surface area contributed by atoms with Crippen LogP contribution in [0.2, 0.25) is 0 Å². The average Bonchev–Trinajstić information content (AvgIpc) is 2.68. The minimum Gasteiger partial charge on any atom is -0.466 e. The molecule has 0 amide bonds. The lowest BCUT2D eigenvalue weighted by Gasteiger charge is -2.34. The van der Waals surface area contributed by atoms with Crippen LogP contribution in [0, 0.1) is 21.4 Å². The number of benzene rings is 2. The summed E-state index contributed by atoms with van der Waals surface area (Å²) in [5.41, 5.74) is 2.51. The first kappa shape index (κ1) is 19.7. The van der Waals surface area contributed by atoms with Gasteiger partial charge in [0.2, 0.25) is 0 Å². The maximum atomic E-state index is 13.1. The van der Waals surface area contributed by atoms with E-state index in [1.165, 1.54) is 12.1 Å². The number of fused-ring (bicyclic) bond motifs is 1. The highest BCUT2D eigenvalue weighted by Crippen LogP contribution is 2.39. The number of hydrogen-bond donors (Lipinski definition) is 0. The summed E-state index contributed by atoms with van der Waals surface area (Å²) < 4.78 is 5.16. The van der Waals surface area contributed by atoms with Crippen molar-refractivity contribution in [2.75, 3.05) is 6.61 Å². The molecule has 6 nitrogen and oxygen atoms in total. The van der Waals surface area contributed by atoms with Crippen molar-refractivity contribution in [2.24, 2.45) is 11.3 Å². The van der Waals surface area contributed by atoms with Crippen LogP contribution >= 0.6 is 0 Å². The summed E-state index contributed by atoms with van der Waals surface area (Å²) >= 11 is 0. The van der Waals surface area contributed by atoms with Gasteiger partial charge in [-0.2, -0.15) is 0 Å². The van der Waals surface area contributed by atoms with Crippen LogP contribution in [0.25, 0.3) is 11.1 Å². The normalized spacial score (nSPS) is 16.4. The van der Waals surface area contributed by atoms with Gasteiger partial charge in [-0.15, -0.1) is 0 Å². The highest BCUT2D eigenvalue weighted by atomic mass is 16.6. The number of nitro groups is 1. The minimum atomic E-state index is -0.873. The molecule has 0 bridgehead atoms. The van der Waals surface area contributed by atoms with E-state index >= 15 is 0 Å². The zero-order valence-electron chi connectivity index (χ0n) is 16.2. The smallest absolute Gasteiger partial charge is 0.312 e. The van der Waals surface area contributed by atoms with Crippen molar-refractivity contribution in [1.82, 2.24) is 0 Å². The van der Waals surface area contributed by atoms with Crippen LogP contribution in [-0.2, 0) is 16.0 Å². The standard InChI is InChI=1S/C22H23NO5/c1-4-28-21(25)22(2,3)19-12-8-16-13-15(7-11-18(16)20(19)24)14-5-9-17(10-6-14)23(26)27/h5-7,9-11,13,19H,4,8,12H2,1-3H3. The monoisotopic (exact) mass is 381 g/mol. The van der Waals surface area contributed by atoms with Gasteiger partial charge >= 0.3 is 5.97 Å². The highest BCUT2D eigenvalue weighted by Gasteiger charge is 2.44. The molecule has 0 radical (unpaired) electrons. The molecular weight excluding hydrogens is 358 g/mol. The van der Waals surface area contributed by atoms with Gasteiger partial charge < -0.3 is 4.74 Å². The number of ketones is 1. The third kappa shape index (κ3) is 3.54. The molecule has 1 aliphatic rings. The summed E-state index contributed by atoms with van der Waals surface area (Å²) in [4.78, 5) is 35.8. The lowest BCUT2D eigenvalue weighted by atomic mass is 9.68. The Morgan fingerprint density at radius 3 is 2.43 bits per heavy atom. The number of hydrogen-bond acceptors (Lipinski definition) is 5. The van der Waals surface area contributed by atoms with Crippen molar-refractivity contribution < 1.29 is 19.2 Å². The lowest BCUT2D eigenvalue weighted by molar-refractivity contribution is -0.384. The van der Waals surface area contributed by atoms with E-state index in [9.17, 15) is 19.7 Å². The van der Waals surface area contributed by atoms with Crippen LogP contribution in [0.3, 0.4) is 0 Å². The van der Waals surface area contributed by atoms with E-state index in [0.29, 0.717) is 25.0 Å². The van der Waals surface area contributed by atoms with Gasteiger partial charge in [0.15, 0.2) is 5.78 Å². The van der Waals surface area contributed by atoms with Crippen LogP contribution < -0.4 is 0 Å². The van der Waals surface area contributed by atoms with E-state index in [0.717, 1.165) is 16.7 Å². The maximum absolute atomic E-state index is 13.1. The third-order valence-electron chi connectivity index (χ3n) is 5.47. The topological polar surface area (TPSA) is 86.5 Å². The average molecular weight is 381 g/mol. The molecule has 6 heteroatoms. The van der Waals surface area contributed by atoms with E-state index < -0.39 is 16.3 Å². The first-order valence-electron chi connectivity index (χ1n) is 9.35. The van der Waals surface area contributed by atoms with Crippen LogP contribution in [0.15, 0.2) is 42.5 Å². The number of nitro benzene ring substituents is 1. The molecule has 3 rings (SSSR count). The Morgan fingerprint density at radius 2 is 1.82 bits per heavy atom. The van der Waals surface area contributed by atoms with E-state index in [-0.39, 0.29) is 17.4 Å². The van der Waals surface area contributed by atoms with Crippen molar-refractivity contribution in [3.05, 3.63) is 63.7 Å². The fourth-order valence-electron chi connectivity index (χ4n) is 3.76.